The van der Waals surface area contributed by atoms with Crippen LogP contribution in [0.2, 0.25) is 0 Å². The fraction of sp³-hybridized carbons (Fsp3) is 0.182. The van der Waals surface area contributed by atoms with Crippen LogP contribution in [0, 0.1) is 19.7 Å². The second-order valence-corrected chi connectivity index (χ2v) is 3.08. The Morgan fingerprint density at radius 3 is 2.64 bits per heavy atom. The summed E-state index contributed by atoms with van der Waals surface area (Å²) in [4.78, 5) is 10.3. The molecule has 1 N–H and O–H groups in total. The number of aliphatic carboxylic acids is 1. The van der Waals surface area contributed by atoms with Gasteiger partial charge in [-0.2, -0.15) is 0 Å². The van der Waals surface area contributed by atoms with Crippen molar-refractivity contribution in [1.29, 1.82) is 0 Å². The molecule has 14 heavy (non-hydrogen) atoms. The Bertz CT molecular complexity index is 395. The van der Waals surface area contributed by atoms with Crippen molar-refractivity contribution in [1.82, 2.24) is 0 Å². The molecule has 2 nitrogen and oxygen atoms in total. The summed E-state index contributed by atoms with van der Waals surface area (Å²) in [5, 5.41) is 8.41. The van der Waals surface area contributed by atoms with Crippen molar-refractivity contribution in [3.63, 3.8) is 0 Å². The number of hydrogen-bond donors (Lipinski definition) is 1. The van der Waals surface area contributed by atoms with Gasteiger partial charge >= 0.3 is 5.97 Å². The average Bonchev–Trinajstić information content (AvgIpc) is 2.13. The van der Waals surface area contributed by atoms with E-state index < -0.39 is 5.97 Å². The number of carboxylic acid groups (broad SMARTS) is 1. The quantitative estimate of drug-likeness (QED) is 0.734. The minimum absolute atomic E-state index is 0.280. The van der Waals surface area contributed by atoms with E-state index in [0.29, 0.717) is 16.7 Å². The van der Waals surface area contributed by atoms with Gasteiger partial charge in [0.25, 0.3) is 0 Å². The number of hydrogen-bond acceptors (Lipinski definition) is 1. The Hall–Kier alpha value is -1.64. The Kier molecular flexibility index (Phi) is 3.02. The van der Waals surface area contributed by atoms with Gasteiger partial charge in [-0.25, -0.2) is 9.18 Å². The predicted octanol–water partition coefficient (Wildman–Crippen LogP) is 2.54. The zero-order chi connectivity index (χ0) is 10.7. The molecule has 0 saturated carbocycles. The van der Waals surface area contributed by atoms with Crippen molar-refractivity contribution in [3.8, 4) is 0 Å². The molecule has 0 saturated heterocycles. The SMILES string of the molecule is Cc1ccc(C=CC(=O)O)c(C)c1F. The number of halogens is 1. The largest absolute Gasteiger partial charge is 0.478 e. The van der Waals surface area contributed by atoms with E-state index in [1.807, 2.05) is 0 Å². The van der Waals surface area contributed by atoms with E-state index in [2.05, 4.69) is 0 Å². The summed E-state index contributed by atoms with van der Waals surface area (Å²) < 4.78 is 13.3. The molecule has 0 heterocycles. The van der Waals surface area contributed by atoms with E-state index in [1.54, 1.807) is 26.0 Å². The normalized spacial score (nSPS) is 10.8. The fourth-order valence-electron chi connectivity index (χ4n) is 1.18. The molecule has 0 spiro atoms. The van der Waals surface area contributed by atoms with Crippen LogP contribution in [-0.2, 0) is 4.79 Å². The third kappa shape index (κ3) is 2.19. The van der Waals surface area contributed by atoms with E-state index >= 15 is 0 Å². The van der Waals surface area contributed by atoms with Crippen LogP contribution in [0.3, 0.4) is 0 Å². The molecule has 0 fully saturated rings. The van der Waals surface area contributed by atoms with Gasteiger partial charge in [0.1, 0.15) is 5.82 Å². The lowest BCUT2D eigenvalue weighted by Crippen LogP contribution is -1.92. The first kappa shape index (κ1) is 10.4. The van der Waals surface area contributed by atoms with Gasteiger partial charge in [-0.1, -0.05) is 12.1 Å². The van der Waals surface area contributed by atoms with Gasteiger partial charge in [-0.3, -0.25) is 0 Å². The van der Waals surface area contributed by atoms with Crippen molar-refractivity contribution < 1.29 is 14.3 Å². The van der Waals surface area contributed by atoms with E-state index in [0.717, 1.165) is 6.08 Å². The highest BCUT2D eigenvalue weighted by atomic mass is 19.1. The molecule has 1 aromatic carbocycles. The van der Waals surface area contributed by atoms with Crippen molar-refractivity contribution in [2.24, 2.45) is 0 Å². The maximum Gasteiger partial charge on any atom is 0.328 e. The van der Waals surface area contributed by atoms with Crippen LogP contribution in [0.15, 0.2) is 18.2 Å². The van der Waals surface area contributed by atoms with Crippen LogP contribution in [0.25, 0.3) is 6.08 Å². The second-order valence-electron chi connectivity index (χ2n) is 3.08. The molecule has 1 rings (SSSR count). The van der Waals surface area contributed by atoms with Crippen LogP contribution in [0.5, 0.6) is 0 Å². The van der Waals surface area contributed by atoms with Gasteiger partial charge in [-0.15, -0.1) is 0 Å². The summed E-state index contributed by atoms with van der Waals surface area (Å²) in [5.41, 5.74) is 1.63. The molecule has 0 aromatic heterocycles. The summed E-state index contributed by atoms with van der Waals surface area (Å²) in [6.07, 6.45) is 2.39. The third-order valence-corrected chi connectivity index (χ3v) is 2.03. The lowest BCUT2D eigenvalue weighted by Gasteiger charge is -2.03. The standard InChI is InChI=1S/C11H11FO2/c1-7-3-4-9(5-6-10(13)14)8(2)11(7)12/h3-6H,1-2H3,(H,13,14). The number of carbonyl (C=O) groups is 1. The van der Waals surface area contributed by atoms with Crippen LogP contribution < -0.4 is 0 Å². The summed E-state index contributed by atoms with van der Waals surface area (Å²) >= 11 is 0. The third-order valence-electron chi connectivity index (χ3n) is 2.03. The van der Waals surface area contributed by atoms with Crippen molar-refractivity contribution in [3.05, 3.63) is 40.7 Å². The van der Waals surface area contributed by atoms with Gasteiger partial charge in [0.15, 0.2) is 0 Å². The first-order valence-electron chi connectivity index (χ1n) is 4.19. The maximum atomic E-state index is 13.3. The molecular formula is C11H11FO2. The van der Waals surface area contributed by atoms with E-state index in [9.17, 15) is 9.18 Å². The van der Waals surface area contributed by atoms with Crippen LogP contribution in [0.1, 0.15) is 16.7 Å². The average molecular weight is 194 g/mol. The van der Waals surface area contributed by atoms with Gasteiger partial charge in [0.2, 0.25) is 0 Å². The fourth-order valence-corrected chi connectivity index (χ4v) is 1.18. The van der Waals surface area contributed by atoms with E-state index in [4.69, 9.17) is 5.11 Å². The van der Waals surface area contributed by atoms with E-state index in [-0.39, 0.29) is 5.82 Å². The molecule has 0 unspecified atom stereocenters. The molecular weight excluding hydrogens is 183 g/mol. The molecule has 1 aromatic rings. The first-order valence-corrected chi connectivity index (χ1v) is 4.19. The Balaban J connectivity index is 3.12. The van der Waals surface area contributed by atoms with Crippen molar-refractivity contribution >= 4 is 12.0 Å². The first-order chi connectivity index (χ1) is 6.52. The van der Waals surface area contributed by atoms with Gasteiger partial charge in [0.05, 0.1) is 0 Å². The minimum Gasteiger partial charge on any atom is -0.478 e. The minimum atomic E-state index is -1.04. The summed E-state index contributed by atoms with van der Waals surface area (Å²) in [7, 11) is 0. The molecule has 0 aliphatic rings. The monoisotopic (exact) mass is 194 g/mol. The number of carboxylic acids is 1. The topological polar surface area (TPSA) is 37.3 Å². The Morgan fingerprint density at radius 1 is 1.43 bits per heavy atom. The smallest absolute Gasteiger partial charge is 0.328 e. The number of aryl methyl sites for hydroxylation is 1. The van der Waals surface area contributed by atoms with Gasteiger partial charge in [0, 0.05) is 6.08 Å². The van der Waals surface area contributed by atoms with Gasteiger partial charge < -0.3 is 5.11 Å². The summed E-state index contributed by atoms with van der Waals surface area (Å²) in [6.45, 7) is 3.30. The summed E-state index contributed by atoms with van der Waals surface area (Å²) in [5.74, 6) is -1.32. The van der Waals surface area contributed by atoms with Crippen LogP contribution in [-0.4, -0.2) is 11.1 Å². The highest BCUT2D eigenvalue weighted by Crippen LogP contribution is 2.17. The van der Waals surface area contributed by atoms with Crippen LogP contribution in [0.4, 0.5) is 4.39 Å². The zero-order valence-corrected chi connectivity index (χ0v) is 8.04. The molecule has 74 valence electrons. The highest BCUT2D eigenvalue weighted by molar-refractivity contribution is 5.85. The Morgan fingerprint density at radius 2 is 2.07 bits per heavy atom. The number of rotatable bonds is 2. The molecule has 0 aliphatic heterocycles. The lowest BCUT2D eigenvalue weighted by atomic mass is 10.0. The van der Waals surface area contributed by atoms with Gasteiger partial charge in [-0.05, 0) is 36.6 Å². The molecule has 0 aliphatic carbocycles. The predicted molar refractivity (Wildman–Crippen MR) is 52.5 cm³/mol. The summed E-state index contributed by atoms with van der Waals surface area (Å²) in [6, 6.07) is 3.33. The Labute approximate surface area is 81.7 Å². The molecule has 0 atom stereocenters. The molecule has 0 amide bonds. The van der Waals surface area contributed by atoms with Crippen LogP contribution >= 0.6 is 0 Å². The highest BCUT2D eigenvalue weighted by Gasteiger charge is 2.04. The van der Waals surface area contributed by atoms with E-state index in [1.165, 1.54) is 6.08 Å². The zero-order valence-electron chi connectivity index (χ0n) is 8.04. The maximum absolute atomic E-state index is 13.3. The molecule has 3 heteroatoms. The van der Waals surface area contributed by atoms with Crippen molar-refractivity contribution in [2.45, 2.75) is 13.8 Å². The van der Waals surface area contributed by atoms with Crippen molar-refractivity contribution in [2.75, 3.05) is 0 Å². The second kappa shape index (κ2) is 4.05. The number of benzene rings is 1. The molecule has 0 bridgehead atoms. The molecule has 0 radical (unpaired) electrons. The lowest BCUT2D eigenvalue weighted by molar-refractivity contribution is -0.131.